The number of nitrogens with one attached hydrogen (secondary N) is 2. The van der Waals surface area contributed by atoms with E-state index in [9.17, 15) is 9.59 Å². The SMILES string of the molecule is CC[C@@H](C)c1ccc(NC(=O)[C@@H](C)N(C)CC(=O)Nc2c(C)cc(C)cc2C)cc1. The van der Waals surface area contributed by atoms with E-state index in [0.29, 0.717) is 5.92 Å². The van der Waals surface area contributed by atoms with Gasteiger partial charge >= 0.3 is 0 Å². The number of carbonyl (C=O) groups excluding carboxylic acids is 2. The molecule has 0 spiro atoms. The number of carbonyl (C=O) groups is 2. The molecule has 2 aromatic carbocycles. The quantitative estimate of drug-likeness (QED) is 0.643. The third-order valence-corrected chi connectivity index (χ3v) is 5.73. The summed E-state index contributed by atoms with van der Waals surface area (Å²) in [6.07, 6.45) is 1.08. The lowest BCUT2D eigenvalue weighted by Crippen LogP contribution is -2.43. The van der Waals surface area contributed by atoms with E-state index < -0.39 is 6.04 Å². The van der Waals surface area contributed by atoms with Crippen LogP contribution in [0.3, 0.4) is 0 Å². The highest BCUT2D eigenvalue weighted by atomic mass is 16.2. The molecule has 2 aromatic rings. The van der Waals surface area contributed by atoms with Crippen molar-refractivity contribution in [3.63, 3.8) is 0 Å². The summed E-state index contributed by atoms with van der Waals surface area (Å²) < 4.78 is 0. The van der Waals surface area contributed by atoms with E-state index in [0.717, 1.165) is 28.9 Å². The van der Waals surface area contributed by atoms with Gasteiger partial charge in [-0.25, -0.2) is 0 Å². The van der Waals surface area contributed by atoms with Crippen LogP contribution in [0.5, 0.6) is 0 Å². The third kappa shape index (κ3) is 6.17. The van der Waals surface area contributed by atoms with Crippen molar-refractivity contribution in [2.45, 2.75) is 59.9 Å². The van der Waals surface area contributed by atoms with Crippen LogP contribution in [0.4, 0.5) is 11.4 Å². The molecule has 2 rings (SSSR count). The molecule has 0 aliphatic rings. The maximum absolute atomic E-state index is 12.6. The predicted octanol–water partition coefficient (Wildman–Crippen LogP) is 5.02. The monoisotopic (exact) mass is 409 g/mol. The van der Waals surface area contributed by atoms with E-state index in [1.807, 2.05) is 32.9 Å². The van der Waals surface area contributed by atoms with Gasteiger partial charge in [0.25, 0.3) is 0 Å². The number of nitrogens with zero attached hydrogens (tertiary/aromatic N) is 1. The molecule has 2 N–H and O–H groups in total. The molecule has 162 valence electrons. The molecule has 5 nitrogen and oxygen atoms in total. The zero-order valence-corrected chi connectivity index (χ0v) is 19.3. The first-order valence-corrected chi connectivity index (χ1v) is 10.6. The normalized spacial score (nSPS) is 13.1. The van der Waals surface area contributed by atoms with Gasteiger partial charge in [0.1, 0.15) is 0 Å². The zero-order chi connectivity index (χ0) is 22.4. The summed E-state index contributed by atoms with van der Waals surface area (Å²) in [5.41, 5.74) is 6.12. The maximum Gasteiger partial charge on any atom is 0.241 e. The molecule has 0 aliphatic heterocycles. The van der Waals surface area contributed by atoms with Gasteiger partial charge in [0.15, 0.2) is 0 Å². The van der Waals surface area contributed by atoms with Crippen LogP contribution in [0, 0.1) is 20.8 Å². The molecule has 5 heteroatoms. The average molecular weight is 410 g/mol. The summed E-state index contributed by atoms with van der Waals surface area (Å²) in [4.78, 5) is 26.9. The highest BCUT2D eigenvalue weighted by Crippen LogP contribution is 2.22. The molecular formula is C25H35N3O2. The van der Waals surface area contributed by atoms with Crippen LogP contribution in [0.2, 0.25) is 0 Å². The molecule has 0 unspecified atom stereocenters. The Balaban J connectivity index is 1.94. The summed E-state index contributed by atoms with van der Waals surface area (Å²) >= 11 is 0. The highest BCUT2D eigenvalue weighted by molar-refractivity contribution is 5.96. The molecule has 30 heavy (non-hydrogen) atoms. The first-order valence-electron chi connectivity index (χ1n) is 10.6. The number of benzene rings is 2. The fraction of sp³-hybridized carbons (Fsp3) is 0.440. The standard InChI is InChI=1S/C25H35N3O2/c1-8-17(3)21-9-11-22(12-10-21)26-25(30)20(6)28(7)15-23(29)27-24-18(4)13-16(2)14-19(24)5/h9-14,17,20H,8,15H2,1-7H3,(H,26,30)(H,27,29)/t17-,20-/m1/s1. The molecule has 0 saturated heterocycles. The Bertz CT molecular complexity index is 867. The van der Waals surface area contributed by atoms with Crippen molar-refractivity contribution in [2.75, 3.05) is 24.2 Å². The molecule has 0 heterocycles. The molecule has 0 bridgehead atoms. The summed E-state index contributed by atoms with van der Waals surface area (Å²) in [5, 5.41) is 5.93. The van der Waals surface area contributed by atoms with Crippen LogP contribution >= 0.6 is 0 Å². The van der Waals surface area contributed by atoms with Gasteiger partial charge in [0.05, 0.1) is 12.6 Å². The highest BCUT2D eigenvalue weighted by Gasteiger charge is 2.21. The van der Waals surface area contributed by atoms with Crippen molar-refractivity contribution in [1.29, 1.82) is 0 Å². The Morgan fingerprint density at radius 3 is 2.07 bits per heavy atom. The number of aryl methyl sites for hydroxylation is 3. The Hall–Kier alpha value is -2.66. The number of rotatable bonds is 8. The second-order valence-electron chi connectivity index (χ2n) is 8.33. The van der Waals surface area contributed by atoms with Crippen molar-refractivity contribution in [2.24, 2.45) is 0 Å². The van der Waals surface area contributed by atoms with Crippen LogP contribution < -0.4 is 10.6 Å². The van der Waals surface area contributed by atoms with Gasteiger partial charge in [-0.1, -0.05) is 43.7 Å². The van der Waals surface area contributed by atoms with Gasteiger partial charge in [0.2, 0.25) is 11.8 Å². The fourth-order valence-electron chi connectivity index (χ4n) is 3.50. The third-order valence-electron chi connectivity index (χ3n) is 5.73. The van der Waals surface area contributed by atoms with E-state index in [1.54, 1.807) is 18.9 Å². The largest absolute Gasteiger partial charge is 0.325 e. The van der Waals surface area contributed by atoms with Gasteiger partial charge in [0, 0.05) is 11.4 Å². The number of likely N-dealkylation sites (N-methyl/N-ethyl adjacent to an activating group) is 1. The first kappa shape index (κ1) is 23.6. The van der Waals surface area contributed by atoms with E-state index in [2.05, 4.69) is 48.7 Å². The van der Waals surface area contributed by atoms with Crippen LogP contribution in [0.1, 0.15) is 55.4 Å². The lowest BCUT2D eigenvalue weighted by atomic mass is 9.98. The second-order valence-corrected chi connectivity index (χ2v) is 8.33. The number of anilines is 2. The Kier molecular flexibility index (Phi) is 8.18. The summed E-state index contributed by atoms with van der Waals surface area (Å²) in [7, 11) is 1.78. The molecule has 0 saturated carbocycles. The van der Waals surface area contributed by atoms with Crippen molar-refractivity contribution in [3.8, 4) is 0 Å². The Labute approximate surface area is 180 Å². The Morgan fingerprint density at radius 2 is 1.53 bits per heavy atom. The van der Waals surface area contributed by atoms with Crippen LogP contribution in [0.15, 0.2) is 36.4 Å². The van der Waals surface area contributed by atoms with Gasteiger partial charge in [-0.15, -0.1) is 0 Å². The van der Waals surface area contributed by atoms with Crippen molar-refractivity contribution >= 4 is 23.2 Å². The molecule has 0 fully saturated rings. The summed E-state index contributed by atoms with van der Waals surface area (Å²) in [6.45, 7) is 12.3. The fourth-order valence-corrected chi connectivity index (χ4v) is 3.50. The lowest BCUT2D eigenvalue weighted by Gasteiger charge is -2.24. The van der Waals surface area contributed by atoms with Gasteiger partial charge in [-0.3, -0.25) is 14.5 Å². The molecule has 0 aliphatic carbocycles. The number of hydrogen-bond acceptors (Lipinski definition) is 3. The molecule has 2 amide bonds. The summed E-state index contributed by atoms with van der Waals surface area (Å²) in [6, 6.07) is 11.6. The van der Waals surface area contributed by atoms with Gasteiger partial charge in [-0.05, 0) is 75.9 Å². The molecule has 2 atom stereocenters. The second kappa shape index (κ2) is 10.4. The summed E-state index contributed by atoms with van der Waals surface area (Å²) in [5.74, 6) is 0.230. The van der Waals surface area contributed by atoms with E-state index in [4.69, 9.17) is 0 Å². The molecule has 0 radical (unpaired) electrons. The van der Waals surface area contributed by atoms with E-state index in [1.165, 1.54) is 11.1 Å². The van der Waals surface area contributed by atoms with Crippen molar-refractivity contribution in [1.82, 2.24) is 4.90 Å². The average Bonchev–Trinajstić information content (AvgIpc) is 2.69. The van der Waals surface area contributed by atoms with Gasteiger partial charge in [-0.2, -0.15) is 0 Å². The van der Waals surface area contributed by atoms with Crippen LogP contribution in [-0.2, 0) is 9.59 Å². The maximum atomic E-state index is 12.6. The van der Waals surface area contributed by atoms with Crippen molar-refractivity contribution in [3.05, 3.63) is 58.7 Å². The molecular weight excluding hydrogens is 374 g/mol. The smallest absolute Gasteiger partial charge is 0.241 e. The minimum Gasteiger partial charge on any atom is -0.325 e. The van der Waals surface area contributed by atoms with Crippen LogP contribution in [0.25, 0.3) is 0 Å². The van der Waals surface area contributed by atoms with Gasteiger partial charge < -0.3 is 10.6 Å². The topological polar surface area (TPSA) is 61.4 Å². The minimum atomic E-state index is -0.440. The molecule has 0 aromatic heterocycles. The number of hydrogen-bond donors (Lipinski definition) is 2. The van der Waals surface area contributed by atoms with Crippen molar-refractivity contribution < 1.29 is 9.59 Å². The van der Waals surface area contributed by atoms with E-state index >= 15 is 0 Å². The van der Waals surface area contributed by atoms with E-state index in [-0.39, 0.29) is 18.4 Å². The first-order chi connectivity index (χ1) is 14.1. The Morgan fingerprint density at radius 1 is 0.967 bits per heavy atom. The lowest BCUT2D eigenvalue weighted by molar-refractivity contribution is -0.122. The number of amides is 2. The predicted molar refractivity (Wildman–Crippen MR) is 125 cm³/mol. The van der Waals surface area contributed by atoms with Crippen LogP contribution in [-0.4, -0.2) is 36.3 Å². The zero-order valence-electron chi connectivity index (χ0n) is 19.3. The minimum absolute atomic E-state index is 0.133.